The summed E-state index contributed by atoms with van der Waals surface area (Å²) < 4.78 is 0. The van der Waals surface area contributed by atoms with Crippen LogP contribution in [0.5, 0.6) is 0 Å². The Balaban J connectivity index is 1.63. The molecule has 0 aliphatic heterocycles. The van der Waals surface area contributed by atoms with Crippen LogP contribution in [0.15, 0.2) is 91.0 Å². The van der Waals surface area contributed by atoms with Gasteiger partial charge in [-0.3, -0.25) is 9.59 Å². The van der Waals surface area contributed by atoms with Crippen LogP contribution in [0.4, 0.5) is 0 Å². The summed E-state index contributed by atoms with van der Waals surface area (Å²) in [5.74, 6) is -0.309. The highest BCUT2D eigenvalue weighted by atomic mass is 35.5. The second-order valence-corrected chi connectivity index (χ2v) is 9.54. The Morgan fingerprint density at radius 2 is 1.56 bits per heavy atom. The molecule has 0 aliphatic carbocycles. The second-order valence-electron chi connectivity index (χ2n) is 8.73. The molecule has 6 heteroatoms. The van der Waals surface area contributed by atoms with E-state index in [0.29, 0.717) is 22.9 Å². The van der Waals surface area contributed by atoms with Gasteiger partial charge in [0.05, 0.1) is 10.0 Å². The fourth-order valence-corrected chi connectivity index (χ4v) is 4.77. The lowest BCUT2D eigenvalue weighted by molar-refractivity contribution is -0.141. The minimum Gasteiger partial charge on any atom is -0.357 e. The summed E-state index contributed by atoms with van der Waals surface area (Å²) in [6.07, 6.45) is 1.25. The van der Waals surface area contributed by atoms with Gasteiger partial charge in [0, 0.05) is 26.4 Å². The Labute approximate surface area is 221 Å². The van der Waals surface area contributed by atoms with Gasteiger partial charge in [-0.25, -0.2) is 0 Å². The molecule has 0 fully saturated rings. The van der Waals surface area contributed by atoms with Gasteiger partial charge >= 0.3 is 0 Å². The second kappa shape index (κ2) is 12.1. The van der Waals surface area contributed by atoms with E-state index in [2.05, 4.69) is 29.6 Å². The molecule has 0 unspecified atom stereocenters. The number of rotatable bonds is 9. The molecule has 0 aliphatic rings. The molecule has 4 aromatic carbocycles. The lowest BCUT2D eigenvalue weighted by Crippen LogP contribution is -2.49. The van der Waals surface area contributed by atoms with Crippen molar-refractivity contribution in [1.29, 1.82) is 0 Å². The predicted octanol–water partition coefficient (Wildman–Crippen LogP) is 6.47. The standard InChI is InChI=1S/C30H28Cl2N2O2/c1-33-30(36)28(19-21-8-3-2-4-9-21)34(20-22-14-16-26(31)27(32)18-22)29(35)17-15-24-12-7-11-23-10-5-6-13-25(23)24/h2-14,16,18,28H,15,17,19-20H2,1H3,(H,33,36)/t28-/m0/s1. The van der Waals surface area contributed by atoms with Gasteiger partial charge in [-0.15, -0.1) is 0 Å². The summed E-state index contributed by atoms with van der Waals surface area (Å²) in [6.45, 7) is 0.246. The molecule has 4 rings (SSSR count). The first kappa shape index (κ1) is 25.7. The number of nitrogens with zero attached hydrogens (tertiary/aromatic N) is 1. The SMILES string of the molecule is CNC(=O)[C@H](Cc1ccccc1)N(Cc1ccc(Cl)c(Cl)c1)C(=O)CCc1cccc2ccccc12. The maximum Gasteiger partial charge on any atom is 0.242 e. The third-order valence-corrected chi connectivity index (χ3v) is 7.08. The number of carbonyl (C=O) groups excluding carboxylic acids is 2. The van der Waals surface area contributed by atoms with Crippen molar-refractivity contribution in [3.05, 3.63) is 118 Å². The summed E-state index contributed by atoms with van der Waals surface area (Å²) in [5.41, 5.74) is 2.90. The highest BCUT2D eigenvalue weighted by Gasteiger charge is 2.29. The third kappa shape index (κ3) is 6.26. The average Bonchev–Trinajstić information content (AvgIpc) is 2.91. The molecule has 184 valence electrons. The van der Waals surface area contributed by atoms with E-state index in [1.54, 1.807) is 24.1 Å². The number of nitrogens with one attached hydrogen (secondary N) is 1. The molecule has 0 saturated carbocycles. The van der Waals surface area contributed by atoms with Gasteiger partial charge in [0.2, 0.25) is 11.8 Å². The van der Waals surface area contributed by atoms with Crippen molar-refractivity contribution in [2.24, 2.45) is 0 Å². The lowest BCUT2D eigenvalue weighted by Gasteiger charge is -2.31. The number of carbonyl (C=O) groups is 2. The summed E-state index contributed by atoms with van der Waals surface area (Å²) in [5, 5.41) is 5.88. The minimum atomic E-state index is -0.674. The number of hydrogen-bond donors (Lipinski definition) is 1. The number of aryl methyl sites for hydroxylation is 1. The van der Waals surface area contributed by atoms with Crippen molar-refractivity contribution < 1.29 is 9.59 Å². The zero-order valence-corrected chi connectivity index (χ0v) is 21.6. The van der Waals surface area contributed by atoms with Gasteiger partial charge in [0.15, 0.2) is 0 Å². The number of benzene rings is 4. The quantitative estimate of drug-likeness (QED) is 0.276. The molecule has 0 spiro atoms. The number of hydrogen-bond acceptors (Lipinski definition) is 2. The maximum absolute atomic E-state index is 13.7. The van der Waals surface area contributed by atoms with E-state index in [4.69, 9.17) is 23.2 Å². The number of fused-ring (bicyclic) bond motifs is 1. The van der Waals surface area contributed by atoms with Gasteiger partial charge in [-0.2, -0.15) is 0 Å². The van der Waals surface area contributed by atoms with Crippen molar-refractivity contribution in [3.8, 4) is 0 Å². The van der Waals surface area contributed by atoms with Crippen LogP contribution in [0.3, 0.4) is 0 Å². The van der Waals surface area contributed by atoms with Crippen molar-refractivity contribution in [2.45, 2.75) is 31.8 Å². The molecule has 2 amide bonds. The molecule has 0 radical (unpaired) electrons. The van der Waals surface area contributed by atoms with Gasteiger partial charge in [0.25, 0.3) is 0 Å². The molecule has 0 bridgehead atoms. The highest BCUT2D eigenvalue weighted by Crippen LogP contribution is 2.25. The van der Waals surface area contributed by atoms with E-state index < -0.39 is 6.04 Å². The number of likely N-dealkylation sites (N-methyl/N-ethyl adjacent to an activating group) is 1. The zero-order chi connectivity index (χ0) is 25.5. The average molecular weight is 519 g/mol. The number of halogens is 2. The van der Waals surface area contributed by atoms with Gasteiger partial charge < -0.3 is 10.2 Å². The summed E-state index contributed by atoms with van der Waals surface area (Å²) in [6, 6.07) is 28.6. The molecule has 4 nitrogen and oxygen atoms in total. The summed E-state index contributed by atoms with van der Waals surface area (Å²) >= 11 is 12.4. The van der Waals surface area contributed by atoms with Crippen LogP contribution in [0, 0.1) is 0 Å². The summed E-state index contributed by atoms with van der Waals surface area (Å²) in [7, 11) is 1.60. The van der Waals surface area contributed by atoms with Crippen molar-refractivity contribution in [1.82, 2.24) is 10.2 Å². The smallest absolute Gasteiger partial charge is 0.242 e. The lowest BCUT2D eigenvalue weighted by atomic mass is 9.99. The predicted molar refractivity (Wildman–Crippen MR) is 147 cm³/mol. The zero-order valence-electron chi connectivity index (χ0n) is 20.1. The van der Waals surface area contributed by atoms with Crippen LogP contribution in [-0.4, -0.2) is 29.8 Å². The fraction of sp³-hybridized carbons (Fsp3) is 0.200. The molecule has 1 atom stereocenters. The normalized spacial score (nSPS) is 11.8. The van der Waals surface area contributed by atoms with Crippen LogP contribution in [-0.2, 0) is 29.0 Å². The topological polar surface area (TPSA) is 49.4 Å². The Kier molecular flexibility index (Phi) is 8.63. The molecule has 0 saturated heterocycles. The van der Waals surface area contributed by atoms with Crippen molar-refractivity contribution >= 4 is 45.8 Å². The van der Waals surface area contributed by atoms with Crippen molar-refractivity contribution in [3.63, 3.8) is 0 Å². The van der Waals surface area contributed by atoms with Crippen LogP contribution >= 0.6 is 23.2 Å². The van der Waals surface area contributed by atoms with Gasteiger partial charge in [-0.05, 0) is 46.0 Å². The van der Waals surface area contributed by atoms with E-state index in [9.17, 15) is 9.59 Å². The van der Waals surface area contributed by atoms with Gasteiger partial charge in [-0.1, -0.05) is 102 Å². The van der Waals surface area contributed by atoms with Crippen LogP contribution in [0.25, 0.3) is 10.8 Å². The van der Waals surface area contributed by atoms with E-state index in [-0.39, 0.29) is 24.8 Å². The Morgan fingerprint density at radius 1 is 0.833 bits per heavy atom. The van der Waals surface area contributed by atoms with E-state index in [1.165, 1.54) is 0 Å². The third-order valence-electron chi connectivity index (χ3n) is 6.34. The molecule has 0 heterocycles. The first-order valence-corrected chi connectivity index (χ1v) is 12.7. The molecule has 0 aromatic heterocycles. The Bertz CT molecular complexity index is 1350. The van der Waals surface area contributed by atoms with Crippen LogP contribution < -0.4 is 5.32 Å². The van der Waals surface area contributed by atoms with Crippen LogP contribution in [0.1, 0.15) is 23.1 Å². The summed E-state index contributed by atoms with van der Waals surface area (Å²) in [4.78, 5) is 28.5. The first-order valence-electron chi connectivity index (χ1n) is 11.9. The fourth-order valence-electron chi connectivity index (χ4n) is 4.45. The Morgan fingerprint density at radius 3 is 2.31 bits per heavy atom. The molecular weight excluding hydrogens is 491 g/mol. The molecule has 4 aromatic rings. The highest BCUT2D eigenvalue weighted by molar-refractivity contribution is 6.42. The van der Waals surface area contributed by atoms with E-state index in [0.717, 1.165) is 27.5 Å². The Hall–Kier alpha value is -3.34. The minimum absolute atomic E-state index is 0.0986. The number of amides is 2. The first-order chi connectivity index (χ1) is 17.5. The van der Waals surface area contributed by atoms with Crippen molar-refractivity contribution in [2.75, 3.05) is 7.05 Å². The van der Waals surface area contributed by atoms with E-state index in [1.807, 2.05) is 54.6 Å². The monoisotopic (exact) mass is 518 g/mol. The molecular formula is C30H28Cl2N2O2. The molecule has 36 heavy (non-hydrogen) atoms. The largest absolute Gasteiger partial charge is 0.357 e. The maximum atomic E-state index is 13.7. The molecule has 1 N–H and O–H groups in total. The van der Waals surface area contributed by atoms with E-state index >= 15 is 0 Å². The van der Waals surface area contributed by atoms with Gasteiger partial charge in [0.1, 0.15) is 6.04 Å². The van der Waals surface area contributed by atoms with Crippen LogP contribution in [0.2, 0.25) is 10.0 Å².